The zero-order chi connectivity index (χ0) is 23.4. The third kappa shape index (κ3) is 4.02. The Morgan fingerprint density at radius 2 is 1.38 bits per heavy atom. The van der Waals surface area contributed by atoms with Gasteiger partial charge in [0.15, 0.2) is 11.5 Å². The highest BCUT2D eigenvalue weighted by Crippen LogP contribution is 2.37. The zero-order valence-electron chi connectivity index (χ0n) is 18.2. The largest absolute Gasteiger partial charge is 0.497 e. The number of hydrogen-bond donors (Lipinski definition) is 1. The van der Waals surface area contributed by atoms with E-state index in [-0.39, 0.29) is 17.0 Å². The van der Waals surface area contributed by atoms with Crippen LogP contribution in [0.15, 0.2) is 35.9 Å². The van der Waals surface area contributed by atoms with Crippen molar-refractivity contribution in [1.29, 1.82) is 0 Å². The minimum absolute atomic E-state index is 0.118. The zero-order valence-corrected chi connectivity index (χ0v) is 18.2. The molecule has 10 heteroatoms. The molecule has 4 amide bonds. The van der Waals surface area contributed by atoms with Crippen LogP contribution < -0.4 is 33.9 Å². The molecule has 1 saturated heterocycles. The average Bonchev–Trinajstić information content (AvgIpc) is 2.80. The van der Waals surface area contributed by atoms with Crippen molar-refractivity contribution in [3.8, 4) is 28.7 Å². The number of ether oxygens (including phenoxy) is 5. The third-order valence-corrected chi connectivity index (χ3v) is 4.76. The molecular weight excluding hydrogens is 420 g/mol. The highest BCUT2D eigenvalue weighted by Gasteiger charge is 2.38. The molecule has 168 valence electrons. The second-order valence-corrected chi connectivity index (χ2v) is 6.44. The molecule has 1 fully saturated rings. The molecule has 1 N–H and O–H groups in total. The van der Waals surface area contributed by atoms with Gasteiger partial charge in [0.25, 0.3) is 11.8 Å². The van der Waals surface area contributed by atoms with Crippen LogP contribution in [0.2, 0.25) is 0 Å². The molecule has 32 heavy (non-hydrogen) atoms. The predicted molar refractivity (Wildman–Crippen MR) is 115 cm³/mol. The first-order chi connectivity index (χ1) is 15.4. The lowest BCUT2D eigenvalue weighted by atomic mass is 10.0. The van der Waals surface area contributed by atoms with Gasteiger partial charge in [-0.3, -0.25) is 14.9 Å². The number of rotatable bonds is 7. The number of nitrogens with one attached hydrogen (secondary N) is 1. The van der Waals surface area contributed by atoms with Gasteiger partial charge >= 0.3 is 6.03 Å². The molecule has 0 atom stereocenters. The second kappa shape index (κ2) is 9.29. The molecule has 0 bridgehead atoms. The van der Waals surface area contributed by atoms with E-state index in [1.807, 2.05) is 0 Å². The molecule has 0 unspecified atom stereocenters. The van der Waals surface area contributed by atoms with Crippen LogP contribution in [-0.2, 0) is 9.59 Å². The fourth-order valence-corrected chi connectivity index (χ4v) is 3.17. The van der Waals surface area contributed by atoms with Gasteiger partial charge in [0, 0.05) is 17.7 Å². The summed E-state index contributed by atoms with van der Waals surface area (Å²) in [7, 11) is 7.20. The SMILES string of the molecule is COc1ccc(OC)c(N2C(=O)NC(=O)/C(=C\c3cc(OC)c(OC)cc3OC)C2=O)c1. The quantitative estimate of drug-likeness (QED) is 0.514. The molecule has 3 rings (SSSR count). The van der Waals surface area contributed by atoms with E-state index in [2.05, 4.69) is 5.32 Å². The van der Waals surface area contributed by atoms with E-state index in [0.717, 1.165) is 4.90 Å². The fourth-order valence-electron chi connectivity index (χ4n) is 3.17. The highest BCUT2D eigenvalue weighted by molar-refractivity contribution is 6.39. The lowest BCUT2D eigenvalue weighted by Gasteiger charge is -2.27. The number of benzene rings is 2. The maximum atomic E-state index is 13.3. The molecule has 0 radical (unpaired) electrons. The molecule has 1 aliphatic rings. The van der Waals surface area contributed by atoms with Crippen LogP contribution in [0.1, 0.15) is 5.56 Å². The number of urea groups is 1. The van der Waals surface area contributed by atoms with Gasteiger partial charge in [-0.05, 0) is 24.3 Å². The number of barbiturate groups is 1. The highest BCUT2D eigenvalue weighted by atomic mass is 16.5. The Balaban J connectivity index is 2.13. The first-order valence-electron chi connectivity index (χ1n) is 9.32. The van der Waals surface area contributed by atoms with Gasteiger partial charge in [0.1, 0.15) is 22.8 Å². The number of methoxy groups -OCH3 is 5. The first-order valence-corrected chi connectivity index (χ1v) is 9.32. The Labute approximate surface area is 184 Å². The minimum atomic E-state index is -0.914. The number of carbonyl (C=O) groups excluding carboxylic acids is 3. The fraction of sp³-hybridized carbons (Fsp3) is 0.227. The standard InChI is InChI=1S/C22H22N2O8/c1-28-13-6-7-16(29-2)15(10-13)24-21(26)14(20(25)23-22(24)27)8-12-9-18(31-4)19(32-5)11-17(12)30-3/h6-11H,1-5H3,(H,23,25,27)/b14-8+. The van der Waals surface area contributed by atoms with E-state index in [9.17, 15) is 14.4 Å². The van der Waals surface area contributed by atoms with Crippen LogP contribution in [0.3, 0.4) is 0 Å². The summed E-state index contributed by atoms with van der Waals surface area (Å²) in [5.41, 5.74) is 0.197. The van der Waals surface area contributed by atoms with Crippen LogP contribution in [-0.4, -0.2) is 53.4 Å². The molecule has 2 aromatic rings. The van der Waals surface area contributed by atoms with Crippen molar-refractivity contribution in [1.82, 2.24) is 5.32 Å². The third-order valence-electron chi connectivity index (χ3n) is 4.76. The van der Waals surface area contributed by atoms with Crippen molar-refractivity contribution in [3.63, 3.8) is 0 Å². The summed E-state index contributed by atoms with van der Waals surface area (Å²) in [6, 6.07) is 6.82. The maximum absolute atomic E-state index is 13.3. The monoisotopic (exact) mass is 442 g/mol. The summed E-state index contributed by atoms with van der Waals surface area (Å²) in [6.07, 6.45) is 1.31. The van der Waals surface area contributed by atoms with Gasteiger partial charge in [-0.1, -0.05) is 0 Å². The maximum Gasteiger partial charge on any atom is 0.336 e. The first kappa shape index (κ1) is 22.5. The van der Waals surface area contributed by atoms with E-state index in [0.29, 0.717) is 28.6 Å². The van der Waals surface area contributed by atoms with E-state index in [1.165, 1.54) is 47.7 Å². The molecule has 10 nitrogen and oxygen atoms in total. The Hall–Kier alpha value is -4.21. The number of hydrogen-bond acceptors (Lipinski definition) is 8. The van der Waals surface area contributed by atoms with E-state index < -0.39 is 17.8 Å². The second-order valence-electron chi connectivity index (χ2n) is 6.44. The number of carbonyl (C=O) groups is 3. The number of amides is 4. The average molecular weight is 442 g/mol. The van der Waals surface area contributed by atoms with Crippen molar-refractivity contribution in [2.45, 2.75) is 0 Å². The molecule has 0 aliphatic carbocycles. The van der Waals surface area contributed by atoms with Crippen LogP contribution >= 0.6 is 0 Å². The van der Waals surface area contributed by atoms with Crippen LogP contribution in [0, 0.1) is 0 Å². The Bertz CT molecular complexity index is 1110. The molecule has 1 heterocycles. The number of nitrogens with zero attached hydrogens (tertiary/aromatic N) is 1. The smallest absolute Gasteiger partial charge is 0.336 e. The van der Waals surface area contributed by atoms with E-state index in [4.69, 9.17) is 23.7 Å². The summed E-state index contributed by atoms with van der Waals surface area (Å²) >= 11 is 0. The van der Waals surface area contributed by atoms with Crippen molar-refractivity contribution in [3.05, 3.63) is 41.5 Å². The lowest BCUT2D eigenvalue weighted by Crippen LogP contribution is -2.54. The Kier molecular flexibility index (Phi) is 6.53. The lowest BCUT2D eigenvalue weighted by molar-refractivity contribution is -0.122. The predicted octanol–water partition coefficient (Wildman–Crippen LogP) is 2.40. The summed E-state index contributed by atoms with van der Waals surface area (Å²) < 4.78 is 26.4. The van der Waals surface area contributed by atoms with Crippen LogP contribution in [0.25, 0.3) is 6.08 Å². The topological polar surface area (TPSA) is 113 Å². The molecule has 0 spiro atoms. The molecular formula is C22H22N2O8. The van der Waals surface area contributed by atoms with Gasteiger partial charge < -0.3 is 23.7 Å². The summed E-state index contributed by atoms with van der Waals surface area (Å²) in [6.45, 7) is 0. The van der Waals surface area contributed by atoms with Crippen LogP contribution in [0.5, 0.6) is 28.7 Å². The summed E-state index contributed by atoms with van der Waals surface area (Å²) in [5.74, 6) is 0.0439. The minimum Gasteiger partial charge on any atom is -0.497 e. The van der Waals surface area contributed by atoms with Crippen molar-refractivity contribution < 1.29 is 38.1 Å². The molecule has 0 aromatic heterocycles. The van der Waals surface area contributed by atoms with E-state index in [1.54, 1.807) is 24.3 Å². The van der Waals surface area contributed by atoms with Gasteiger partial charge in [-0.25, -0.2) is 9.69 Å². The Morgan fingerprint density at radius 1 is 0.750 bits per heavy atom. The van der Waals surface area contributed by atoms with Crippen molar-refractivity contribution >= 4 is 29.6 Å². The van der Waals surface area contributed by atoms with Gasteiger partial charge in [-0.15, -0.1) is 0 Å². The summed E-state index contributed by atoms with van der Waals surface area (Å²) in [4.78, 5) is 39.2. The molecule has 0 saturated carbocycles. The van der Waals surface area contributed by atoms with Gasteiger partial charge in [0.05, 0.1) is 41.2 Å². The van der Waals surface area contributed by atoms with Crippen molar-refractivity contribution in [2.75, 3.05) is 40.4 Å². The van der Waals surface area contributed by atoms with Gasteiger partial charge in [0.2, 0.25) is 0 Å². The molecule has 1 aliphatic heterocycles. The number of anilines is 1. The normalized spacial score (nSPS) is 14.8. The van der Waals surface area contributed by atoms with Crippen molar-refractivity contribution in [2.24, 2.45) is 0 Å². The summed E-state index contributed by atoms with van der Waals surface area (Å²) in [5, 5.41) is 2.17. The van der Waals surface area contributed by atoms with E-state index >= 15 is 0 Å². The number of imide groups is 2. The Morgan fingerprint density at radius 3 is 1.97 bits per heavy atom. The van der Waals surface area contributed by atoms with Gasteiger partial charge in [-0.2, -0.15) is 0 Å². The molecule has 2 aromatic carbocycles. The van der Waals surface area contributed by atoms with Crippen LogP contribution in [0.4, 0.5) is 10.5 Å².